The van der Waals surface area contributed by atoms with Gasteiger partial charge in [0.15, 0.2) is 0 Å². The van der Waals surface area contributed by atoms with Crippen LogP contribution in [0.4, 0.5) is 5.82 Å². The Morgan fingerprint density at radius 2 is 2.00 bits per heavy atom. The SMILES string of the molecule is CC(C)c1nc2c(c(=O)[nH]1)CN(Cc1ccc(N3CCCC3)nc1)CC2. The lowest BCUT2D eigenvalue weighted by Crippen LogP contribution is -2.36. The lowest BCUT2D eigenvalue weighted by molar-refractivity contribution is 0.241. The van der Waals surface area contributed by atoms with Gasteiger partial charge in [0.05, 0.1) is 11.3 Å². The van der Waals surface area contributed by atoms with Crippen LogP contribution in [-0.2, 0) is 19.5 Å². The number of pyridine rings is 1. The van der Waals surface area contributed by atoms with Crippen molar-refractivity contribution in [2.75, 3.05) is 24.5 Å². The van der Waals surface area contributed by atoms with E-state index in [0.717, 1.165) is 55.5 Å². The Kier molecular flexibility index (Phi) is 4.76. The van der Waals surface area contributed by atoms with Crippen molar-refractivity contribution >= 4 is 5.82 Å². The molecule has 2 aromatic heterocycles. The molecule has 1 saturated heterocycles. The van der Waals surface area contributed by atoms with Crippen molar-refractivity contribution in [1.82, 2.24) is 19.9 Å². The molecule has 0 radical (unpaired) electrons. The molecule has 4 rings (SSSR count). The maximum absolute atomic E-state index is 12.4. The zero-order valence-corrected chi connectivity index (χ0v) is 15.7. The lowest BCUT2D eigenvalue weighted by Gasteiger charge is -2.28. The van der Waals surface area contributed by atoms with Gasteiger partial charge in [-0.25, -0.2) is 9.97 Å². The molecule has 0 atom stereocenters. The van der Waals surface area contributed by atoms with Crippen LogP contribution in [0, 0.1) is 0 Å². The Labute approximate surface area is 154 Å². The summed E-state index contributed by atoms with van der Waals surface area (Å²) in [4.78, 5) is 29.3. The van der Waals surface area contributed by atoms with Crippen molar-refractivity contribution < 1.29 is 0 Å². The third kappa shape index (κ3) is 3.51. The van der Waals surface area contributed by atoms with Crippen LogP contribution in [0.1, 0.15) is 55.3 Å². The Bertz CT molecular complexity index is 821. The number of nitrogens with zero attached hydrogens (tertiary/aromatic N) is 4. The third-order valence-electron chi connectivity index (χ3n) is 5.36. The van der Waals surface area contributed by atoms with E-state index in [4.69, 9.17) is 0 Å². The number of aromatic nitrogens is 3. The number of anilines is 1. The predicted molar refractivity (Wildman–Crippen MR) is 102 cm³/mol. The highest BCUT2D eigenvalue weighted by Gasteiger charge is 2.22. The molecule has 0 saturated carbocycles. The second-order valence-corrected chi connectivity index (χ2v) is 7.71. The average molecular weight is 353 g/mol. The van der Waals surface area contributed by atoms with E-state index in [0.29, 0.717) is 6.54 Å². The maximum atomic E-state index is 12.4. The molecule has 2 aliphatic heterocycles. The number of H-pyrrole nitrogens is 1. The second-order valence-electron chi connectivity index (χ2n) is 7.71. The van der Waals surface area contributed by atoms with E-state index < -0.39 is 0 Å². The fourth-order valence-corrected chi connectivity index (χ4v) is 3.81. The smallest absolute Gasteiger partial charge is 0.255 e. The first-order chi connectivity index (χ1) is 12.6. The zero-order valence-electron chi connectivity index (χ0n) is 15.7. The van der Waals surface area contributed by atoms with Gasteiger partial charge in [0.25, 0.3) is 5.56 Å². The van der Waals surface area contributed by atoms with Crippen molar-refractivity contribution in [1.29, 1.82) is 0 Å². The minimum Gasteiger partial charge on any atom is -0.357 e. The van der Waals surface area contributed by atoms with Crippen LogP contribution < -0.4 is 10.5 Å². The largest absolute Gasteiger partial charge is 0.357 e. The average Bonchev–Trinajstić information content (AvgIpc) is 3.17. The molecule has 0 bridgehead atoms. The normalized spacial score (nSPS) is 17.7. The molecule has 26 heavy (non-hydrogen) atoms. The van der Waals surface area contributed by atoms with Gasteiger partial charge in [-0.05, 0) is 24.5 Å². The second kappa shape index (κ2) is 7.19. The lowest BCUT2D eigenvalue weighted by atomic mass is 10.1. The highest BCUT2D eigenvalue weighted by molar-refractivity contribution is 5.40. The van der Waals surface area contributed by atoms with E-state index in [2.05, 4.69) is 50.7 Å². The van der Waals surface area contributed by atoms with Crippen LogP contribution in [0.2, 0.25) is 0 Å². The maximum Gasteiger partial charge on any atom is 0.255 e. The van der Waals surface area contributed by atoms with Gasteiger partial charge < -0.3 is 9.88 Å². The summed E-state index contributed by atoms with van der Waals surface area (Å²) in [5.74, 6) is 2.12. The van der Waals surface area contributed by atoms with E-state index in [1.807, 2.05) is 6.20 Å². The topological polar surface area (TPSA) is 65.1 Å². The van der Waals surface area contributed by atoms with E-state index in [1.54, 1.807) is 0 Å². The molecule has 1 N–H and O–H groups in total. The van der Waals surface area contributed by atoms with Gasteiger partial charge in [0.2, 0.25) is 0 Å². The van der Waals surface area contributed by atoms with Gasteiger partial charge in [0, 0.05) is 51.3 Å². The molecule has 0 aliphatic carbocycles. The van der Waals surface area contributed by atoms with Crippen molar-refractivity contribution in [2.24, 2.45) is 0 Å². The first kappa shape index (κ1) is 17.2. The number of fused-ring (bicyclic) bond motifs is 1. The van der Waals surface area contributed by atoms with Crippen LogP contribution in [0.25, 0.3) is 0 Å². The van der Waals surface area contributed by atoms with Gasteiger partial charge in [-0.15, -0.1) is 0 Å². The van der Waals surface area contributed by atoms with Gasteiger partial charge >= 0.3 is 0 Å². The van der Waals surface area contributed by atoms with Gasteiger partial charge in [-0.2, -0.15) is 0 Å². The molecule has 0 aromatic carbocycles. The molecule has 2 aliphatic rings. The van der Waals surface area contributed by atoms with E-state index >= 15 is 0 Å². The summed E-state index contributed by atoms with van der Waals surface area (Å²) in [5.41, 5.74) is 3.00. The summed E-state index contributed by atoms with van der Waals surface area (Å²) in [6.45, 7) is 8.74. The van der Waals surface area contributed by atoms with E-state index in [9.17, 15) is 4.79 Å². The molecule has 0 amide bonds. The molecule has 2 aromatic rings. The van der Waals surface area contributed by atoms with Crippen molar-refractivity contribution in [3.63, 3.8) is 0 Å². The summed E-state index contributed by atoms with van der Waals surface area (Å²) >= 11 is 0. The third-order valence-corrected chi connectivity index (χ3v) is 5.36. The van der Waals surface area contributed by atoms with Gasteiger partial charge in [-0.1, -0.05) is 19.9 Å². The monoisotopic (exact) mass is 353 g/mol. The van der Waals surface area contributed by atoms with Crippen LogP contribution in [-0.4, -0.2) is 39.5 Å². The quantitative estimate of drug-likeness (QED) is 0.915. The van der Waals surface area contributed by atoms with Gasteiger partial charge in [-0.3, -0.25) is 9.69 Å². The Morgan fingerprint density at radius 1 is 1.19 bits per heavy atom. The van der Waals surface area contributed by atoms with Crippen molar-refractivity contribution in [3.8, 4) is 0 Å². The molecular weight excluding hydrogens is 326 g/mol. The zero-order chi connectivity index (χ0) is 18.1. The Hall–Kier alpha value is -2.21. The summed E-state index contributed by atoms with van der Waals surface area (Å²) in [5, 5.41) is 0. The van der Waals surface area contributed by atoms with Crippen molar-refractivity contribution in [3.05, 3.63) is 51.3 Å². The highest BCUT2D eigenvalue weighted by atomic mass is 16.1. The fourth-order valence-electron chi connectivity index (χ4n) is 3.81. The first-order valence-electron chi connectivity index (χ1n) is 9.64. The summed E-state index contributed by atoms with van der Waals surface area (Å²) in [6, 6.07) is 4.29. The summed E-state index contributed by atoms with van der Waals surface area (Å²) in [7, 11) is 0. The number of rotatable bonds is 4. The minimum absolute atomic E-state index is 0.0194. The van der Waals surface area contributed by atoms with Crippen LogP contribution >= 0.6 is 0 Å². The molecule has 0 spiro atoms. The first-order valence-corrected chi connectivity index (χ1v) is 9.64. The number of hydrogen-bond acceptors (Lipinski definition) is 5. The molecule has 138 valence electrons. The number of aromatic amines is 1. The summed E-state index contributed by atoms with van der Waals surface area (Å²) < 4.78 is 0. The number of nitrogens with one attached hydrogen (secondary N) is 1. The van der Waals surface area contributed by atoms with Crippen molar-refractivity contribution in [2.45, 2.75) is 52.1 Å². The Morgan fingerprint density at radius 3 is 2.69 bits per heavy atom. The summed E-state index contributed by atoms with van der Waals surface area (Å²) in [6.07, 6.45) is 5.33. The standard InChI is InChI=1S/C20H27N5O/c1-14(2)19-22-17-7-10-24(13-16(17)20(26)23-19)12-15-5-6-18(21-11-15)25-8-3-4-9-25/h5-6,11,14H,3-4,7-10,12-13H2,1-2H3,(H,22,23,26). The number of hydrogen-bond donors (Lipinski definition) is 1. The Balaban J connectivity index is 1.45. The fraction of sp³-hybridized carbons (Fsp3) is 0.550. The molecule has 0 unspecified atom stereocenters. The van der Waals surface area contributed by atoms with Gasteiger partial charge in [0.1, 0.15) is 11.6 Å². The van der Waals surface area contributed by atoms with E-state index in [1.165, 1.54) is 18.4 Å². The van der Waals surface area contributed by atoms with Crippen LogP contribution in [0.5, 0.6) is 0 Å². The molecule has 6 nitrogen and oxygen atoms in total. The molecule has 6 heteroatoms. The van der Waals surface area contributed by atoms with E-state index in [-0.39, 0.29) is 11.5 Å². The van der Waals surface area contributed by atoms with Crippen LogP contribution in [0.3, 0.4) is 0 Å². The molecule has 1 fully saturated rings. The predicted octanol–water partition coefficient (Wildman–Crippen LogP) is 2.45. The minimum atomic E-state index is 0.0194. The van der Waals surface area contributed by atoms with Crippen LogP contribution in [0.15, 0.2) is 23.1 Å². The molecule has 4 heterocycles. The highest BCUT2D eigenvalue weighted by Crippen LogP contribution is 2.20. The molecular formula is C20H27N5O.